The number of hydrogen-bond acceptors (Lipinski definition) is 3. The van der Waals surface area contributed by atoms with Gasteiger partial charge in [-0.15, -0.1) is 0 Å². The van der Waals surface area contributed by atoms with Crippen LogP contribution in [-0.2, 0) is 26.3 Å². The second kappa shape index (κ2) is 8.45. The Hall–Kier alpha value is -2.20. The summed E-state index contributed by atoms with van der Waals surface area (Å²) in [5.74, 6) is -0.513. The van der Waals surface area contributed by atoms with Gasteiger partial charge in [0.2, 0.25) is 0 Å². The van der Waals surface area contributed by atoms with Gasteiger partial charge in [0, 0.05) is 0 Å². The van der Waals surface area contributed by atoms with E-state index in [4.69, 9.17) is 9.47 Å². The summed E-state index contributed by atoms with van der Waals surface area (Å²) in [7, 11) is 0. The molecular formula is C22H25FO3. The van der Waals surface area contributed by atoms with Gasteiger partial charge < -0.3 is 9.47 Å². The topological polar surface area (TPSA) is 35.5 Å². The lowest BCUT2D eigenvalue weighted by molar-refractivity contribution is -0.153. The molecule has 0 atom stereocenters. The van der Waals surface area contributed by atoms with Crippen molar-refractivity contribution in [1.29, 1.82) is 0 Å². The zero-order chi connectivity index (χ0) is 18.4. The number of ether oxygens (including phenoxy) is 2. The van der Waals surface area contributed by atoms with Crippen molar-refractivity contribution in [2.24, 2.45) is 0 Å². The van der Waals surface area contributed by atoms with E-state index in [9.17, 15) is 9.18 Å². The minimum absolute atomic E-state index is 0.123. The third kappa shape index (κ3) is 4.13. The van der Waals surface area contributed by atoms with Gasteiger partial charge in [-0.1, -0.05) is 42.5 Å². The van der Waals surface area contributed by atoms with Crippen molar-refractivity contribution in [3.63, 3.8) is 0 Å². The molecule has 4 heteroatoms. The van der Waals surface area contributed by atoms with E-state index in [0.717, 1.165) is 24.0 Å². The van der Waals surface area contributed by atoms with Gasteiger partial charge in [0.15, 0.2) is 0 Å². The van der Waals surface area contributed by atoms with Crippen molar-refractivity contribution in [2.75, 3.05) is 6.61 Å². The average molecular weight is 356 g/mol. The lowest BCUT2D eigenvalue weighted by atomic mass is 9.68. The highest BCUT2D eigenvalue weighted by Crippen LogP contribution is 2.41. The fourth-order valence-corrected chi connectivity index (χ4v) is 3.69. The zero-order valence-corrected chi connectivity index (χ0v) is 15.1. The molecule has 0 aliphatic heterocycles. The van der Waals surface area contributed by atoms with E-state index in [1.165, 1.54) is 12.1 Å². The van der Waals surface area contributed by atoms with Crippen LogP contribution in [0.1, 0.15) is 43.7 Å². The summed E-state index contributed by atoms with van der Waals surface area (Å²) in [6.07, 6.45) is 2.98. The summed E-state index contributed by atoms with van der Waals surface area (Å²) in [6.45, 7) is 2.73. The molecule has 0 N–H and O–H groups in total. The highest BCUT2D eigenvalue weighted by Gasteiger charge is 2.44. The van der Waals surface area contributed by atoms with Crippen LogP contribution in [0, 0.1) is 5.82 Å². The van der Waals surface area contributed by atoms with Gasteiger partial charge in [0.05, 0.1) is 24.7 Å². The normalized spacial score (nSPS) is 22.8. The zero-order valence-electron chi connectivity index (χ0n) is 15.1. The third-order valence-corrected chi connectivity index (χ3v) is 5.18. The Morgan fingerprint density at radius 3 is 2.35 bits per heavy atom. The fourth-order valence-electron chi connectivity index (χ4n) is 3.69. The standard InChI is InChI=1S/C22H25FO3/c1-2-25-21(24)22(18-8-10-19(23)11-9-18)14-12-20(13-15-22)26-16-17-6-4-3-5-7-17/h3-11,20H,2,12-16H2,1H3. The quantitative estimate of drug-likeness (QED) is 0.699. The number of halogens is 1. The lowest BCUT2D eigenvalue weighted by Crippen LogP contribution is -2.42. The van der Waals surface area contributed by atoms with Crippen molar-refractivity contribution in [1.82, 2.24) is 0 Å². The van der Waals surface area contributed by atoms with Crippen LogP contribution in [0.15, 0.2) is 54.6 Å². The van der Waals surface area contributed by atoms with E-state index in [1.54, 1.807) is 12.1 Å². The molecule has 2 aromatic carbocycles. The Kier molecular flexibility index (Phi) is 6.04. The highest BCUT2D eigenvalue weighted by atomic mass is 19.1. The van der Waals surface area contributed by atoms with Gasteiger partial charge in [0.1, 0.15) is 5.82 Å². The van der Waals surface area contributed by atoms with Crippen LogP contribution in [0.2, 0.25) is 0 Å². The van der Waals surface area contributed by atoms with Gasteiger partial charge in [-0.2, -0.15) is 0 Å². The molecule has 0 amide bonds. The van der Waals surface area contributed by atoms with Crippen LogP contribution < -0.4 is 0 Å². The molecule has 0 saturated heterocycles. The molecule has 0 unspecified atom stereocenters. The predicted molar refractivity (Wildman–Crippen MR) is 98.2 cm³/mol. The molecule has 2 aromatic rings. The molecule has 3 rings (SSSR count). The minimum atomic E-state index is -0.698. The molecular weight excluding hydrogens is 331 g/mol. The van der Waals surface area contributed by atoms with E-state index >= 15 is 0 Å². The molecule has 1 fully saturated rings. The van der Waals surface area contributed by atoms with Gasteiger partial charge in [-0.05, 0) is 55.9 Å². The SMILES string of the molecule is CCOC(=O)C1(c2ccc(F)cc2)CCC(OCc2ccccc2)CC1. The maximum atomic E-state index is 13.3. The Morgan fingerprint density at radius 1 is 1.08 bits per heavy atom. The Bertz CT molecular complexity index is 704. The van der Waals surface area contributed by atoms with Crippen LogP contribution in [0.5, 0.6) is 0 Å². The number of hydrogen-bond donors (Lipinski definition) is 0. The lowest BCUT2D eigenvalue weighted by Gasteiger charge is -2.38. The first kappa shape index (κ1) is 18.6. The van der Waals surface area contributed by atoms with E-state index in [-0.39, 0.29) is 17.9 Å². The highest BCUT2D eigenvalue weighted by molar-refractivity contribution is 5.83. The summed E-state index contributed by atoms with van der Waals surface area (Å²) in [5.41, 5.74) is 1.28. The molecule has 1 aliphatic carbocycles. The fraction of sp³-hybridized carbons (Fsp3) is 0.409. The third-order valence-electron chi connectivity index (χ3n) is 5.18. The predicted octanol–water partition coefficient (Wildman–Crippen LogP) is 4.79. The molecule has 0 radical (unpaired) electrons. The Labute approximate surface area is 154 Å². The second-order valence-electron chi connectivity index (χ2n) is 6.81. The number of rotatable bonds is 6. The first-order valence-corrected chi connectivity index (χ1v) is 9.23. The van der Waals surface area contributed by atoms with E-state index in [1.807, 2.05) is 37.3 Å². The van der Waals surface area contributed by atoms with E-state index in [0.29, 0.717) is 26.1 Å². The average Bonchev–Trinajstić information content (AvgIpc) is 2.68. The van der Waals surface area contributed by atoms with Crippen molar-refractivity contribution in [3.05, 3.63) is 71.5 Å². The number of carbonyl (C=O) groups is 1. The second-order valence-corrected chi connectivity index (χ2v) is 6.81. The molecule has 1 aliphatic rings. The van der Waals surface area contributed by atoms with Crippen molar-refractivity contribution < 1.29 is 18.7 Å². The molecule has 0 aromatic heterocycles. The summed E-state index contributed by atoms with van der Waals surface area (Å²) >= 11 is 0. The summed E-state index contributed by atoms with van der Waals surface area (Å²) in [4.78, 5) is 12.7. The first-order valence-electron chi connectivity index (χ1n) is 9.23. The monoisotopic (exact) mass is 356 g/mol. The number of esters is 1. The molecule has 0 spiro atoms. The van der Waals surface area contributed by atoms with E-state index in [2.05, 4.69) is 0 Å². The van der Waals surface area contributed by atoms with E-state index < -0.39 is 5.41 Å². The number of carbonyl (C=O) groups excluding carboxylic acids is 1. The largest absolute Gasteiger partial charge is 0.465 e. The van der Waals surface area contributed by atoms with Crippen molar-refractivity contribution >= 4 is 5.97 Å². The van der Waals surface area contributed by atoms with Gasteiger partial charge in [-0.25, -0.2) is 4.39 Å². The van der Waals surface area contributed by atoms with Gasteiger partial charge >= 0.3 is 5.97 Å². The maximum Gasteiger partial charge on any atom is 0.316 e. The molecule has 138 valence electrons. The Morgan fingerprint density at radius 2 is 1.73 bits per heavy atom. The van der Waals surface area contributed by atoms with Crippen molar-refractivity contribution in [2.45, 2.75) is 50.7 Å². The first-order chi connectivity index (χ1) is 12.6. The maximum absolute atomic E-state index is 13.3. The van der Waals surface area contributed by atoms with Gasteiger partial charge in [-0.3, -0.25) is 4.79 Å². The summed E-state index contributed by atoms with van der Waals surface area (Å²) in [5, 5.41) is 0. The summed E-state index contributed by atoms with van der Waals surface area (Å²) in [6, 6.07) is 16.3. The molecule has 26 heavy (non-hydrogen) atoms. The molecule has 0 heterocycles. The molecule has 3 nitrogen and oxygen atoms in total. The smallest absolute Gasteiger partial charge is 0.316 e. The van der Waals surface area contributed by atoms with Crippen LogP contribution in [0.4, 0.5) is 4.39 Å². The number of benzene rings is 2. The molecule has 1 saturated carbocycles. The Balaban J connectivity index is 1.68. The van der Waals surface area contributed by atoms with Crippen LogP contribution >= 0.6 is 0 Å². The van der Waals surface area contributed by atoms with Gasteiger partial charge in [0.25, 0.3) is 0 Å². The summed E-state index contributed by atoms with van der Waals surface area (Å²) < 4.78 is 24.7. The van der Waals surface area contributed by atoms with Crippen LogP contribution in [0.3, 0.4) is 0 Å². The van der Waals surface area contributed by atoms with Crippen LogP contribution in [-0.4, -0.2) is 18.7 Å². The van der Waals surface area contributed by atoms with Crippen molar-refractivity contribution in [3.8, 4) is 0 Å². The van der Waals surface area contributed by atoms with Crippen LogP contribution in [0.25, 0.3) is 0 Å². The molecule has 0 bridgehead atoms. The minimum Gasteiger partial charge on any atom is -0.465 e.